The highest BCUT2D eigenvalue weighted by Crippen LogP contribution is 2.55. The summed E-state index contributed by atoms with van der Waals surface area (Å²) < 4.78 is 112. The van der Waals surface area contributed by atoms with Gasteiger partial charge in [-0.3, -0.25) is 0 Å². The molecule has 0 saturated heterocycles. The Morgan fingerprint density at radius 1 is 0.541 bits per heavy atom. The van der Waals surface area contributed by atoms with Crippen LogP contribution in [0.3, 0.4) is 0 Å². The zero-order chi connectivity index (χ0) is 27.0. The molecule has 0 N–H and O–H groups in total. The number of alkyl halides is 3. The van der Waals surface area contributed by atoms with Crippen LogP contribution < -0.4 is 0 Å². The Hall–Kier alpha value is -4.55. The highest BCUT2D eigenvalue weighted by molar-refractivity contribution is 6.17. The lowest BCUT2D eigenvalue weighted by atomic mass is 9.65. The molecule has 2 aliphatic heterocycles. The van der Waals surface area contributed by atoms with Crippen LogP contribution in [-0.4, -0.2) is 30.1 Å². The van der Waals surface area contributed by atoms with Crippen LogP contribution in [0.4, 0.5) is 30.7 Å². The van der Waals surface area contributed by atoms with Crippen LogP contribution in [0.1, 0.15) is 58.1 Å². The number of cyclic esters (lactones) is 4. The molecule has 6 nitrogen and oxygen atoms in total. The lowest BCUT2D eigenvalue weighted by Gasteiger charge is -2.39. The first-order valence-corrected chi connectivity index (χ1v) is 10.0. The van der Waals surface area contributed by atoms with Crippen LogP contribution >= 0.6 is 0 Å². The maximum absolute atomic E-state index is 15.4. The number of ether oxygens (including phenoxy) is 2. The van der Waals surface area contributed by atoms with E-state index in [9.17, 15) is 36.7 Å². The van der Waals surface area contributed by atoms with E-state index < -0.39 is 97.7 Å². The third-order valence-electron chi connectivity index (χ3n) is 6.03. The monoisotopic (exact) mass is 524 g/mol. The summed E-state index contributed by atoms with van der Waals surface area (Å²) in [5.41, 5.74) is -12.7. The van der Waals surface area contributed by atoms with Gasteiger partial charge >= 0.3 is 30.1 Å². The zero-order valence-electron chi connectivity index (χ0n) is 17.6. The van der Waals surface area contributed by atoms with Crippen molar-refractivity contribution in [2.24, 2.45) is 0 Å². The average molecular weight is 524 g/mol. The maximum atomic E-state index is 15.4. The third kappa shape index (κ3) is 3.19. The predicted molar refractivity (Wildman–Crippen MR) is 105 cm³/mol. The second kappa shape index (κ2) is 7.72. The van der Waals surface area contributed by atoms with Crippen molar-refractivity contribution in [3.63, 3.8) is 0 Å². The van der Waals surface area contributed by atoms with Gasteiger partial charge in [0.05, 0.1) is 11.1 Å². The molecule has 188 valence electrons. The van der Waals surface area contributed by atoms with Crippen molar-refractivity contribution >= 4 is 23.9 Å². The van der Waals surface area contributed by atoms with E-state index in [-0.39, 0.29) is 18.2 Å². The van der Waals surface area contributed by atoms with Gasteiger partial charge in [0.15, 0.2) is 0 Å². The number of fused-ring (bicyclic) bond motifs is 2. The molecule has 0 amide bonds. The standard InChI is InChI=1S/C24H7F7O6/c25-9-5-8(6-10(26)7-9)23(24(29,30)31,11-1-3-13(27)17-15(11)19(32)36-21(17)34)12-2-4-14(28)18-16(12)20(33)37-22(18)35/h1-7H. The molecule has 3 aromatic rings. The molecule has 0 aromatic heterocycles. The second-order valence-electron chi connectivity index (χ2n) is 7.95. The molecule has 0 aliphatic carbocycles. The summed E-state index contributed by atoms with van der Waals surface area (Å²) in [7, 11) is 0. The van der Waals surface area contributed by atoms with Crippen molar-refractivity contribution < 1.29 is 59.4 Å². The molecule has 37 heavy (non-hydrogen) atoms. The minimum Gasteiger partial charge on any atom is -0.386 e. The topological polar surface area (TPSA) is 86.7 Å². The van der Waals surface area contributed by atoms with Crippen LogP contribution in [0.5, 0.6) is 0 Å². The Bertz CT molecular complexity index is 1490. The quantitative estimate of drug-likeness (QED) is 0.213. The number of benzene rings is 3. The largest absolute Gasteiger partial charge is 0.406 e. The van der Waals surface area contributed by atoms with Crippen LogP contribution in [-0.2, 0) is 14.9 Å². The van der Waals surface area contributed by atoms with Crippen molar-refractivity contribution in [1.29, 1.82) is 0 Å². The zero-order valence-corrected chi connectivity index (χ0v) is 17.6. The molecule has 0 unspecified atom stereocenters. The molecule has 2 heterocycles. The Balaban J connectivity index is 2.07. The van der Waals surface area contributed by atoms with E-state index in [1.165, 1.54) is 0 Å². The van der Waals surface area contributed by atoms with Gasteiger partial charge in [-0.05, 0) is 41.0 Å². The van der Waals surface area contributed by atoms with E-state index in [1.807, 2.05) is 0 Å². The van der Waals surface area contributed by atoms with Crippen LogP contribution in [0, 0.1) is 23.3 Å². The van der Waals surface area contributed by atoms with E-state index in [0.29, 0.717) is 24.3 Å². The first-order valence-electron chi connectivity index (χ1n) is 10.0. The summed E-state index contributed by atoms with van der Waals surface area (Å²) in [5.74, 6) is -12.7. The number of hydrogen-bond acceptors (Lipinski definition) is 6. The van der Waals surface area contributed by atoms with E-state index in [2.05, 4.69) is 9.47 Å². The number of hydrogen-bond donors (Lipinski definition) is 0. The van der Waals surface area contributed by atoms with Crippen molar-refractivity contribution in [2.45, 2.75) is 11.6 Å². The number of esters is 4. The summed E-state index contributed by atoms with van der Waals surface area (Å²) in [5, 5.41) is 0. The van der Waals surface area contributed by atoms with Crippen LogP contribution in [0.15, 0.2) is 42.5 Å². The first-order chi connectivity index (χ1) is 17.3. The van der Waals surface area contributed by atoms with Crippen LogP contribution in [0.2, 0.25) is 0 Å². The van der Waals surface area contributed by atoms with Gasteiger partial charge in [0.1, 0.15) is 39.8 Å². The molecule has 13 heteroatoms. The number of halogens is 7. The lowest BCUT2D eigenvalue weighted by Crippen LogP contribution is -2.47. The SMILES string of the molecule is O=C1OC(=O)c2c(C(c3cc(F)cc(F)c3)(c3ccc(F)c4c3C(=O)OC4=O)C(F)(F)F)ccc(F)c21. The Kier molecular flexibility index (Phi) is 5.04. The summed E-state index contributed by atoms with van der Waals surface area (Å²) >= 11 is 0. The fraction of sp³-hybridized carbons (Fsp3) is 0.0833. The van der Waals surface area contributed by atoms with E-state index in [1.54, 1.807) is 0 Å². The van der Waals surface area contributed by atoms with Gasteiger partial charge in [-0.2, -0.15) is 13.2 Å². The van der Waals surface area contributed by atoms with Gasteiger partial charge < -0.3 is 9.47 Å². The van der Waals surface area contributed by atoms with E-state index in [4.69, 9.17) is 0 Å². The molecule has 0 spiro atoms. The summed E-state index contributed by atoms with van der Waals surface area (Å²) in [6.07, 6.45) is -5.75. The van der Waals surface area contributed by atoms with Gasteiger partial charge in [-0.25, -0.2) is 36.7 Å². The average Bonchev–Trinajstić information content (AvgIpc) is 3.25. The van der Waals surface area contributed by atoms with Crippen molar-refractivity contribution in [3.8, 4) is 0 Å². The molecule has 0 fully saturated rings. The molecule has 3 aromatic carbocycles. The summed E-state index contributed by atoms with van der Waals surface area (Å²) in [6.45, 7) is 0. The minimum absolute atomic E-state index is 0.215. The number of carbonyl (C=O) groups excluding carboxylic acids is 4. The first kappa shape index (κ1) is 24.2. The molecule has 5 rings (SSSR count). The third-order valence-corrected chi connectivity index (χ3v) is 6.03. The molecule has 0 bridgehead atoms. The molecular formula is C24H7F7O6. The Morgan fingerprint density at radius 2 is 0.919 bits per heavy atom. The van der Waals surface area contributed by atoms with Gasteiger partial charge in [0.25, 0.3) is 0 Å². The van der Waals surface area contributed by atoms with Crippen LogP contribution in [0.25, 0.3) is 0 Å². The molecule has 0 radical (unpaired) electrons. The van der Waals surface area contributed by atoms with Crippen molar-refractivity contribution in [1.82, 2.24) is 0 Å². The highest BCUT2D eigenvalue weighted by atomic mass is 19.4. The Morgan fingerprint density at radius 3 is 1.30 bits per heavy atom. The summed E-state index contributed by atoms with van der Waals surface area (Å²) in [4.78, 5) is 49.1. The molecule has 0 saturated carbocycles. The van der Waals surface area contributed by atoms with Gasteiger partial charge in [-0.1, -0.05) is 12.1 Å². The lowest BCUT2D eigenvalue weighted by molar-refractivity contribution is -0.166. The fourth-order valence-electron chi connectivity index (χ4n) is 4.67. The van der Waals surface area contributed by atoms with Crippen molar-refractivity contribution in [3.05, 3.63) is 105 Å². The maximum Gasteiger partial charge on any atom is 0.406 e. The molecular weight excluding hydrogens is 517 g/mol. The van der Waals surface area contributed by atoms with E-state index >= 15 is 13.2 Å². The Labute approximate surface area is 200 Å². The highest BCUT2D eigenvalue weighted by Gasteiger charge is 2.63. The number of rotatable bonds is 3. The smallest absolute Gasteiger partial charge is 0.386 e. The predicted octanol–water partition coefficient (Wildman–Crippen LogP) is 4.76. The number of carbonyl (C=O) groups is 4. The van der Waals surface area contributed by atoms with Gasteiger partial charge in [0, 0.05) is 6.07 Å². The second-order valence-corrected chi connectivity index (χ2v) is 7.95. The molecule has 0 atom stereocenters. The van der Waals surface area contributed by atoms with Gasteiger partial charge in [0.2, 0.25) is 0 Å². The summed E-state index contributed by atoms with van der Waals surface area (Å²) in [6, 6.07) is 2.21. The minimum atomic E-state index is -5.75. The fourth-order valence-corrected chi connectivity index (χ4v) is 4.67. The normalized spacial score (nSPS) is 15.0. The van der Waals surface area contributed by atoms with Crippen molar-refractivity contribution in [2.75, 3.05) is 0 Å². The molecule has 2 aliphatic rings. The van der Waals surface area contributed by atoms with E-state index in [0.717, 1.165) is 0 Å². The van der Waals surface area contributed by atoms with Gasteiger partial charge in [-0.15, -0.1) is 0 Å².